The molecule has 0 aromatic heterocycles. The number of ether oxygens (including phenoxy) is 4. The number of allylic oxidation sites excluding steroid dienone is 8. The molecule has 0 aliphatic rings. The molecule has 2 unspecified atom stereocenters. The van der Waals surface area contributed by atoms with Gasteiger partial charge in [0.1, 0.15) is 11.5 Å². The number of methoxy groups -OCH3 is 4. The fraction of sp³-hybridized carbons (Fsp3) is 0.224. The van der Waals surface area contributed by atoms with Gasteiger partial charge in [-0.2, -0.15) is 0 Å². The fourth-order valence-electron chi connectivity index (χ4n) is 6.15. The molecule has 0 bridgehead atoms. The number of benzene rings is 4. The minimum absolute atomic E-state index is 0.133. The zero-order valence-electron chi connectivity index (χ0n) is 33.6. The van der Waals surface area contributed by atoms with E-state index in [0.29, 0.717) is 17.4 Å². The van der Waals surface area contributed by atoms with Crippen LogP contribution < -0.4 is 9.47 Å². The van der Waals surface area contributed by atoms with E-state index < -0.39 is 17.3 Å². The molecule has 4 rings (SSSR count). The van der Waals surface area contributed by atoms with Gasteiger partial charge in [0.25, 0.3) is 0 Å². The highest BCUT2D eigenvalue weighted by Crippen LogP contribution is 2.42. The molecule has 0 spiro atoms. The second-order valence-corrected chi connectivity index (χ2v) is 12.9. The topological polar surface area (TPSA) is 73.1 Å². The van der Waals surface area contributed by atoms with E-state index in [2.05, 4.69) is 51.3 Å². The highest BCUT2D eigenvalue weighted by Gasteiger charge is 2.32. The van der Waals surface area contributed by atoms with Crippen LogP contribution in [0.5, 0.6) is 11.5 Å². The molecule has 2 atom stereocenters. The Kier molecular flexibility index (Phi) is 17.4. The van der Waals surface area contributed by atoms with Gasteiger partial charge in [-0.1, -0.05) is 161 Å². The van der Waals surface area contributed by atoms with Gasteiger partial charge in [-0.15, -0.1) is 0 Å². The lowest BCUT2D eigenvalue weighted by Gasteiger charge is -2.30. The molecule has 4 aromatic carbocycles. The molecule has 6 nitrogen and oxygen atoms in total. The van der Waals surface area contributed by atoms with Crippen LogP contribution in [0.15, 0.2) is 181 Å². The predicted octanol–water partition coefficient (Wildman–Crippen LogP) is 11.9. The van der Waals surface area contributed by atoms with Gasteiger partial charge in [0.05, 0.1) is 46.0 Å². The van der Waals surface area contributed by atoms with Gasteiger partial charge in [0.2, 0.25) is 5.90 Å². The molecule has 0 amide bonds. The number of aliphatic imine (C=N–C) groups is 1. The molecular weight excluding hydrogens is 681 g/mol. The molecule has 0 radical (unpaired) electrons. The molecule has 0 heterocycles. The highest BCUT2D eigenvalue weighted by atomic mass is 16.5. The zero-order chi connectivity index (χ0) is 40.2. The Morgan fingerprint density at radius 1 is 0.727 bits per heavy atom. The van der Waals surface area contributed by atoms with Crippen molar-refractivity contribution in [3.63, 3.8) is 0 Å². The van der Waals surface area contributed by atoms with Crippen molar-refractivity contribution in [1.29, 1.82) is 5.41 Å². The van der Waals surface area contributed by atoms with Crippen LogP contribution in [-0.4, -0.2) is 40.2 Å². The maximum Gasteiger partial charge on any atom is 0.200 e. The quantitative estimate of drug-likeness (QED) is 0.0749. The standard InChI is InChI=1S/C43H50N2O4.C6H6/c1-11-15-20-30(13-3)40(42(49-10)45-34(14-4)23-16-12-2)36-29-33(25-27-38(36)47-8)43(5,6)32-24-26-37(46-7)35(28-32)39(41(44)48-9)31-21-18-17-19-22-31;1-2-4-6-5-3-1/h11-29,39-40,44H,2-3H2,1,4-10H3;1-6H/b15-11-,23-16-,30-20+,34-14+,44-41?,45-42?;. The SMILES string of the molecule is C=C/C=C\C(=C/C)N=C(OC)C(/C(C=C)=C/C=C\C)c1cc(C(C)(C)c2ccc(OC)c(C(C(=N)OC)c3ccccc3)c2)ccc1OC.c1ccccc1. The van der Waals surface area contributed by atoms with E-state index >= 15 is 0 Å². The third-order valence-corrected chi connectivity index (χ3v) is 9.25. The molecule has 6 heteroatoms. The molecule has 0 fully saturated rings. The Morgan fingerprint density at radius 2 is 1.27 bits per heavy atom. The normalized spacial score (nSPS) is 13.3. The van der Waals surface area contributed by atoms with Crippen LogP contribution in [0.4, 0.5) is 0 Å². The van der Waals surface area contributed by atoms with Crippen molar-refractivity contribution in [2.75, 3.05) is 28.4 Å². The van der Waals surface area contributed by atoms with E-state index in [4.69, 9.17) is 29.3 Å². The largest absolute Gasteiger partial charge is 0.496 e. The molecule has 55 heavy (non-hydrogen) atoms. The first-order valence-corrected chi connectivity index (χ1v) is 18.2. The molecule has 4 aromatic rings. The smallest absolute Gasteiger partial charge is 0.200 e. The third kappa shape index (κ3) is 11.4. The van der Waals surface area contributed by atoms with Crippen LogP contribution in [0.25, 0.3) is 0 Å². The fourth-order valence-corrected chi connectivity index (χ4v) is 6.15. The van der Waals surface area contributed by atoms with E-state index in [1.165, 1.54) is 7.11 Å². The average Bonchev–Trinajstić information content (AvgIpc) is 3.23. The number of hydrogen-bond donors (Lipinski definition) is 1. The van der Waals surface area contributed by atoms with Gasteiger partial charge in [-0.25, -0.2) is 4.99 Å². The van der Waals surface area contributed by atoms with Crippen LogP contribution >= 0.6 is 0 Å². The molecule has 286 valence electrons. The monoisotopic (exact) mass is 736 g/mol. The molecule has 1 N–H and O–H groups in total. The molecule has 0 aliphatic heterocycles. The van der Waals surface area contributed by atoms with Crippen LogP contribution in [-0.2, 0) is 14.9 Å². The molecule has 0 aliphatic carbocycles. The third-order valence-electron chi connectivity index (χ3n) is 9.25. The molecule has 0 saturated carbocycles. The summed E-state index contributed by atoms with van der Waals surface area (Å²) in [5.41, 5.74) is 5.89. The first kappa shape index (κ1) is 43.3. The number of nitrogens with zero attached hydrogens (tertiary/aromatic N) is 1. The van der Waals surface area contributed by atoms with E-state index in [0.717, 1.165) is 39.1 Å². The minimum Gasteiger partial charge on any atom is -0.496 e. The van der Waals surface area contributed by atoms with Crippen LogP contribution in [0.2, 0.25) is 0 Å². The Hall–Kier alpha value is -6.14. The van der Waals surface area contributed by atoms with E-state index in [9.17, 15) is 0 Å². The van der Waals surface area contributed by atoms with Crippen LogP contribution in [0, 0.1) is 5.41 Å². The first-order chi connectivity index (χ1) is 26.6. The van der Waals surface area contributed by atoms with Crippen molar-refractivity contribution in [3.8, 4) is 11.5 Å². The van der Waals surface area contributed by atoms with Gasteiger partial charge >= 0.3 is 0 Å². The predicted molar refractivity (Wildman–Crippen MR) is 231 cm³/mol. The highest BCUT2D eigenvalue weighted by molar-refractivity contribution is 5.90. The summed E-state index contributed by atoms with van der Waals surface area (Å²) in [5, 5.41) is 8.77. The van der Waals surface area contributed by atoms with E-state index in [1.807, 2.05) is 135 Å². The summed E-state index contributed by atoms with van der Waals surface area (Å²) < 4.78 is 23.4. The molecule has 0 saturated heterocycles. The van der Waals surface area contributed by atoms with Gasteiger partial charge in [-0.3, -0.25) is 5.41 Å². The van der Waals surface area contributed by atoms with Crippen molar-refractivity contribution in [2.24, 2.45) is 4.99 Å². The number of nitrogens with one attached hydrogen (secondary N) is 1. The molecular formula is C49H56N2O4. The summed E-state index contributed by atoms with van der Waals surface area (Å²) in [5.74, 6) is 1.11. The summed E-state index contributed by atoms with van der Waals surface area (Å²) in [4.78, 5) is 4.94. The zero-order valence-corrected chi connectivity index (χ0v) is 33.6. The van der Waals surface area contributed by atoms with Gasteiger partial charge in [0.15, 0.2) is 5.90 Å². The second-order valence-electron chi connectivity index (χ2n) is 12.9. The lowest BCUT2D eigenvalue weighted by Crippen LogP contribution is -2.23. The average molecular weight is 737 g/mol. The van der Waals surface area contributed by atoms with Gasteiger partial charge in [0, 0.05) is 16.5 Å². The van der Waals surface area contributed by atoms with Crippen molar-refractivity contribution >= 4 is 11.8 Å². The van der Waals surface area contributed by atoms with Crippen LogP contribution in [0.1, 0.15) is 67.3 Å². The lowest BCUT2D eigenvalue weighted by atomic mass is 9.75. The van der Waals surface area contributed by atoms with Crippen molar-refractivity contribution in [2.45, 2.75) is 44.9 Å². The second kappa shape index (κ2) is 22.2. The van der Waals surface area contributed by atoms with E-state index in [-0.39, 0.29) is 5.90 Å². The maximum atomic E-state index is 8.77. The maximum absolute atomic E-state index is 8.77. The lowest BCUT2D eigenvalue weighted by molar-refractivity contribution is 0.377. The minimum atomic E-state index is -0.490. The summed E-state index contributed by atoms with van der Waals surface area (Å²) in [6, 6.07) is 34.3. The van der Waals surface area contributed by atoms with E-state index in [1.54, 1.807) is 27.4 Å². The first-order valence-electron chi connectivity index (χ1n) is 18.2. The Bertz CT molecular complexity index is 1980. The number of rotatable bonds is 15. The van der Waals surface area contributed by atoms with Gasteiger partial charge < -0.3 is 18.9 Å². The van der Waals surface area contributed by atoms with Crippen LogP contribution in [0.3, 0.4) is 0 Å². The van der Waals surface area contributed by atoms with Crippen molar-refractivity contribution in [1.82, 2.24) is 0 Å². The van der Waals surface area contributed by atoms with Crippen molar-refractivity contribution < 1.29 is 18.9 Å². The summed E-state index contributed by atoms with van der Waals surface area (Å²) in [7, 11) is 6.48. The Morgan fingerprint density at radius 3 is 1.75 bits per heavy atom. The number of hydrogen-bond acceptors (Lipinski definition) is 6. The van der Waals surface area contributed by atoms with Gasteiger partial charge in [-0.05, 0) is 54.3 Å². The Balaban J connectivity index is 0.00000123. The summed E-state index contributed by atoms with van der Waals surface area (Å²) in [6.45, 7) is 16.2. The Labute approximate surface area is 329 Å². The summed E-state index contributed by atoms with van der Waals surface area (Å²) >= 11 is 0. The summed E-state index contributed by atoms with van der Waals surface area (Å²) in [6.07, 6.45) is 15.2. The van der Waals surface area contributed by atoms with Crippen molar-refractivity contribution in [3.05, 3.63) is 204 Å².